The van der Waals surface area contributed by atoms with Gasteiger partial charge in [0.25, 0.3) is 5.69 Å². The highest BCUT2D eigenvalue weighted by atomic mass is 35.5. The minimum atomic E-state index is -0.543. The van der Waals surface area contributed by atoms with E-state index in [0.717, 1.165) is 0 Å². The van der Waals surface area contributed by atoms with Crippen molar-refractivity contribution in [3.63, 3.8) is 0 Å². The van der Waals surface area contributed by atoms with Gasteiger partial charge in [0.2, 0.25) is 5.91 Å². The topological polar surface area (TPSA) is 107 Å². The van der Waals surface area contributed by atoms with Gasteiger partial charge in [-0.1, -0.05) is 23.2 Å². The maximum Gasteiger partial charge on any atom is 0.273 e. The third-order valence-electron chi connectivity index (χ3n) is 4.05. The molecule has 2 aromatic carbocycles. The van der Waals surface area contributed by atoms with Gasteiger partial charge in [-0.15, -0.1) is 0 Å². The van der Waals surface area contributed by atoms with E-state index in [0.29, 0.717) is 32.8 Å². The summed E-state index contributed by atoms with van der Waals surface area (Å²) in [5, 5.41) is 17.0. The van der Waals surface area contributed by atoms with Crippen LogP contribution >= 0.6 is 35.4 Å². The van der Waals surface area contributed by atoms with Crippen molar-refractivity contribution >= 4 is 63.9 Å². The number of nitrogens with one attached hydrogen (secondary N) is 2. The fraction of sp³-hybridized carbons (Fsp3) is 0.0476. The standard InChI is InChI=1S/C21H15Cl2N3O5S/c1-30-19-11-15(26(28)29)2-5-17(19)24-21(32)25-20(27)7-4-16-3-6-18(31-16)12-8-13(22)10-14(23)9-12/h2-11H,1H3,(H2,24,25,27,32)/b7-4+. The minimum absolute atomic E-state index is 0.0134. The molecule has 164 valence electrons. The van der Waals surface area contributed by atoms with Gasteiger partial charge >= 0.3 is 0 Å². The summed E-state index contributed by atoms with van der Waals surface area (Å²) in [5.74, 6) is 0.668. The van der Waals surface area contributed by atoms with Crippen molar-refractivity contribution in [1.82, 2.24) is 5.32 Å². The molecule has 0 aliphatic rings. The van der Waals surface area contributed by atoms with Crippen LogP contribution < -0.4 is 15.4 Å². The summed E-state index contributed by atoms with van der Waals surface area (Å²) >= 11 is 17.1. The Labute approximate surface area is 197 Å². The number of nitrogens with zero attached hydrogens (tertiary/aromatic N) is 1. The van der Waals surface area contributed by atoms with Gasteiger partial charge in [0, 0.05) is 27.8 Å². The van der Waals surface area contributed by atoms with E-state index in [1.807, 2.05) is 0 Å². The van der Waals surface area contributed by atoms with Crippen LogP contribution in [0.15, 0.2) is 59.0 Å². The number of nitro benzene ring substituents is 1. The molecule has 3 aromatic rings. The van der Waals surface area contributed by atoms with E-state index in [1.165, 1.54) is 37.5 Å². The highest BCUT2D eigenvalue weighted by Gasteiger charge is 2.13. The van der Waals surface area contributed by atoms with Crippen LogP contribution in [-0.4, -0.2) is 23.1 Å². The van der Waals surface area contributed by atoms with Gasteiger partial charge in [0.1, 0.15) is 17.3 Å². The molecule has 11 heteroatoms. The Morgan fingerprint density at radius 2 is 1.88 bits per heavy atom. The third-order valence-corrected chi connectivity index (χ3v) is 4.69. The number of anilines is 1. The summed E-state index contributed by atoms with van der Waals surface area (Å²) < 4.78 is 10.8. The van der Waals surface area contributed by atoms with Crippen molar-refractivity contribution in [3.8, 4) is 17.1 Å². The van der Waals surface area contributed by atoms with E-state index in [2.05, 4.69) is 10.6 Å². The molecule has 0 fully saturated rings. The van der Waals surface area contributed by atoms with Crippen molar-refractivity contribution in [2.75, 3.05) is 12.4 Å². The first-order valence-electron chi connectivity index (χ1n) is 8.94. The van der Waals surface area contributed by atoms with Gasteiger partial charge < -0.3 is 14.5 Å². The molecule has 0 aliphatic heterocycles. The number of non-ortho nitro benzene ring substituents is 1. The highest BCUT2D eigenvalue weighted by Crippen LogP contribution is 2.30. The molecule has 0 saturated carbocycles. The number of ether oxygens (including phenoxy) is 1. The number of benzene rings is 2. The molecule has 2 N–H and O–H groups in total. The summed E-state index contributed by atoms with van der Waals surface area (Å²) in [7, 11) is 1.36. The number of methoxy groups -OCH3 is 1. The quantitative estimate of drug-likeness (QED) is 0.197. The van der Waals surface area contributed by atoms with Crippen molar-refractivity contribution in [1.29, 1.82) is 0 Å². The lowest BCUT2D eigenvalue weighted by atomic mass is 10.2. The van der Waals surface area contributed by atoms with Crippen molar-refractivity contribution in [3.05, 3.63) is 80.5 Å². The Kier molecular flexibility index (Phi) is 7.47. The third kappa shape index (κ3) is 6.07. The van der Waals surface area contributed by atoms with Crippen molar-refractivity contribution in [2.45, 2.75) is 0 Å². The lowest BCUT2D eigenvalue weighted by molar-refractivity contribution is -0.384. The Morgan fingerprint density at radius 1 is 1.16 bits per heavy atom. The van der Waals surface area contributed by atoms with E-state index >= 15 is 0 Å². The molecule has 0 atom stereocenters. The zero-order valence-corrected chi connectivity index (χ0v) is 18.8. The molecule has 0 spiro atoms. The summed E-state index contributed by atoms with van der Waals surface area (Å²) in [6.45, 7) is 0. The van der Waals surface area contributed by atoms with Gasteiger partial charge in [-0.2, -0.15) is 0 Å². The second kappa shape index (κ2) is 10.3. The summed E-state index contributed by atoms with van der Waals surface area (Å²) in [4.78, 5) is 22.5. The minimum Gasteiger partial charge on any atom is -0.494 e. The van der Waals surface area contributed by atoms with Crippen molar-refractivity contribution < 1.29 is 18.9 Å². The zero-order valence-electron chi connectivity index (χ0n) is 16.4. The number of nitro groups is 1. The van der Waals surface area contributed by atoms with Crippen LogP contribution in [0.2, 0.25) is 10.0 Å². The molecule has 32 heavy (non-hydrogen) atoms. The zero-order chi connectivity index (χ0) is 23.3. The number of thiocarbonyl (C=S) groups is 1. The molecule has 1 amide bonds. The van der Waals surface area contributed by atoms with Crippen LogP contribution in [0.1, 0.15) is 5.76 Å². The Bertz CT molecular complexity index is 1210. The lowest BCUT2D eigenvalue weighted by Gasteiger charge is -2.11. The molecular weight excluding hydrogens is 477 g/mol. The van der Waals surface area contributed by atoms with Crippen LogP contribution in [0.5, 0.6) is 5.75 Å². The van der Waals surface area contributed by atoms with E-state index in [4.69, 9.17) is 44.6 Å². The molecule has 0 aliphatic carbocycles. The van der Waals surface area contributed by atoms with E-state index in [1.54, 1.807) is 30.3 Å². The summed E-state index contributed by atoms with van der Waals surface area (Å²) in [5.41, 5.74) is 0.931. The number of furan rings is 1. The molecular formula is C21H15Cl2N3O5S. The largest absolute Gasteiger partial charge is 0.494 e. The Hall–Kier alpha value is -3.40. The number of rotatable bonds is 6. The van der Waals surface area contributed by atoms with Gasteiger partial charge in [0.15, 0.2) is 5.11 Å². The summed E-state index contributed by atoms with van der Waals surface area (Å²) in [6, 6.07) is 12.4. The van der Waals surface area contributed by atoms with Gasteiger partial charge in [0.05, 0.1) is 23.8 Å². The number of carbonyl (C=O) groups is 1. The second-order valence-electron chi connectivity index (χ2n) is 6.28. The molecule has 0 bridgehead atoms. The number of halogens is 2. The predicted octanol–water partition coefficient (Wildman–Crippen LogP) is 5.70. The molecule has 1 aromatic heterocycles. The van der Waals surface area contributed by atoms with Crippen LogP contribution in [0.25, 0.3) is 17.4 Å². The normalized spacial score (nSPS) is 10.7. The molecule has 3 rings (SSSR count). The van der Waals surface area contributed by atoms with Crippen molar-refractivity contribution in [2.24, 2.45) is 0 Å². The average molecular weight is 492 g/mol. The fourth-order valence-corrected chi connectivity index (χ4v) is 3.39. The van der Waals surface area contributed by atoms with Crippen LogP contribution in [-0.2, 0) is 4.79 Å². The number of amides is 1. The van der Waals surface area contributed by atoms with Gasteiger partial charge in [-0.05, 0) is 54.7 Å². The molecule has 0 saturated heterocycles. The predicted molar refractivity (Wildman–Crippen MR) is 127 cm³/mol. The smallest absolute Gasteiger partial charge is 0.273 e. The number of hydrogen-bond donors (Lipinski definition) is 2. The lowest BCUT2D eigenvalue weighted by Crippen LogP contribution is -2.32. The van der Waals surface area contributed by atoms with E-state index < -0.39 is 10.8 Å². The SMILES string of the molecule is COc1cc([N+](=O)[O-])ccc1NC(=S)NC(=O)/C=C/c1ccc(-c2cc(Cl)cc(Cl)c2)o1. The highest BCUT2D eigenvalue weighted by molar-refractivity contribution is 7.80. The van der Waals surface area contributed by atoms with E-state index in [9.17, 15) is 14.9 Å². The Morgan fingerprint density at radius 3 is 2.53 bits per heavy atom. The van der Waals surface area contributed by atoms with Crippen LogP contribution in [0.3, 0.4) is 0 Å². The van der Waals surface area contributed by atoms with E-state index in [-0.39, 0.29) is 16.5 Å². The first-order valence-corrected chi connectivity index (χ1v) is 10.1. The first kappa shape index (κ1) is 23.3. The van der Waals surface area contributed by atoms with Crippen LogP contribution in [0.4, 0.5) is 11.4 Å². The molecule has 0 unspecified atom stereocenters. The fourth-order valence-electron chi connectivity index (χ4n) is 2.66. The number of carbonyl (C=O) groups excluding carboxylic acids is 1. The maximum absolute atomic E-state index is 12.2. The van der Waals surface area contributed by atoms with Gasteiger partial charge in [-0.25, -0.2) is 0 Å². The average Bonchev–Trinajstić information content (AvgIpc) is 3.21. The number of hydrogen-bond acceptors (Lipinski definition) is 6. The first-order chi connectivity index (χ1) is 15.2. The summed E-state index contributed by atoms with van der Waals surface area (Å²) in [6.07, 6.45) is 2.72. The maximum atomic E-state index is 12.2. The van der Waals surface area contributed by atoms with Gasteiger partial charge in [-0.3, -0.25) is 20.2 Å². The second-order valence-corrected chi connectivity index (χ2v) is 7.56. The molecule has 1 heterocycles. The monoisotopic (exact) mass is 491 g/mol. The molecule has 0 radical (unpaired) electrons. The molecule has 8 nitrogen and oxygen atoms in total. The van der Waals surface area contributed by atoms with Crippen LogP contribution in [0, 0.1) is 10.1 Å². The Balaban J connectivity index is 1.62.